The molecule has 1 fully saturated rings. The second kappa shape index (κ2) is 10.6. The maximum Gasteiger partial charge on any atom is 0.238 e. The lowest BCUT2D eigenvalue weighted by Gasteiger charge is -2.33. The first kappa shape index (κ1) is 22.3. The number of nitrogens with zero attached hydrogens (tertiary/aromatic N) is 2. The molecule has 2 aromatic rings. The van der Waals surface area contributed by atoms with Gasteiger partial charge in [0, 0.05) is 43.4 Å². The molecular formula is C23H29ClN4O2. The van der Waals surface area contributed by atoms with E-state index in [0.29, 0.717) is 24.7 Å². The molecule has 1 heterocycles. The average Bonchev–Trinajstić information content (AvgIpc) is 2.72. The fraction of sp³-hybridized carbons (Fsp3) is 0.391. The van der Waals surface area contributed by atoms with Crippen molar-refractivity contribution in [3.8, 4) is 0 Å². The summed E-state index contributed by atoms with van der Waals surface area (Å²) in [6.07, 6.45) is 0. The Labute approximate surface area is 183 Å². The molecule has 7 heteroatoms. The predicted molar refractivity (Wildman–Crippen MR) is 121 cm³/mol. The Bertz CT molecular complexity index is 895. The van der Waals surface area contributed by atoms with Gasteiger partial charge in [0.25, 0.3) is 0 Å². The number of halogens is 1. The van der Waals surface area contributed by atoms with E-state index in [0.717, 1.165) is 48.6 Å². The number of aryl methyl sites for hydroxylation is 1. The molecule has 0 aliphatic carbocycles. The summed E-state index contributed by atoms with van der Waals surface area (Å²) < 4.78 is 0. The molecule has 0 bridgehead atoms. The standard InChI is InChI=1S/C23H29ClN4O2/c1-17-6-5-9-21(18(17)2)26-23(30)16-28-12-10-27(11-13-28)15-22(29)25-14-19-7-3-4-8-20(19)24/h3-9H,10-16H2,1-2H3,(H,25,29)(H,26,30). The molecular weight excluding hydrogens is 400 g/mol. The van der Waals surface area contributed by atoms with Crippen LogP contribution in [0.15, 0.2) is 42.5 Å². The van der Waals surface area contributed by atoms with E-state index >= 15 is 0 Å². The molecule has 1 aliphatic rings. The third-order valence-corrected chi connectivity index (χ3v) is 5.88. The minimum absolute atomic E-state index is 0.00497. The topological polar surface area (TPSA) is 64.7 Å². The van der Waals surface area contributed by atoms with E-state index in [1.165, 1.54) is 0 Å². The first-order chi connectivity index (χ1) is 14.4. The summed E-state index contributed by atoms with van der Waals surface area (Å²) in [4.78, 5) is 28.9. The third-order valence-electron chi connectivity index (χ3n) is 5.51. The minimum Gasteiger partial charge on any atom is -0.351 e. The van der Waals surface area contributed by atoms with Gasteiger partial charge in [-0.05, 0) is 42.7 Å². The lowest BCUT2D eigenvalue weighted by Crippen LogP contribution is -2.50. The molecule has 1 aliphatic heterocycles. The number of piperazine rings is 1. The monoisotopic (exact) mass is 428 g/mol. The summed E-state index contributed by atoms with van der Waals surface area (Å²) in [5.41, 5.74) is 4.04. The Morgan fingerprint density at radius 1 is 0.900 bits per heavy atom. The Morgan fingerprint density at radius 3 is 2.20 bits per heavy atom. The van der Waals surface area contributed by atoms with Crippen LogP contribution in [0.1, 0.15) is 16.7 Å². The maximum atomic E-state index is 12.4. The number of carbonyl (C=O) groups excluding carboxylic acids is 2. The molecule has 160 valence electrons. The smallest absolute Gasteiger partial charge is 0.238 e. The van der Waals surface area contributed by atoms with Crippen LogP contribution in [0.5, 0.6) is 0 Å². The second-order valence-electron chi connectivity index (χ2n) is 7.72. The number of rotatable bonds is 7. The normalized spacial score (nSPS) is 15.0. The van der Waals surface area contributed by atoms with Crippen LogP contribution < -0.4 is 10.6 Å². The van der Waals surface area contributed by atoms with Crippen LogP contribution in [0.3, 0.4) is 0 Å². The summed E-state index contributed by atoms with van der Waals surface area (Å²) in [5.74, 6) is -0.0225. The van der Waals surface area contributed by atoms with Crippen molar-refractivity contribution in [2.24, 2.45) is 0 Å². The average molecular weight is 429 g/mol. The van der Waals surface area contributed by atoms with Crippen molar-refractivity contribution in [3.63, 3.8) is 0 Å². The quantitative estimate of drug-likeness (QED) is 0.711. The molecule has 0 unspecified atom stereocenters. The Morgan fingerprint density at radius 2 is 1.53 bits per heavy atom. The molecule has 0 radical (unpaired) electrons. The second-order valence-corrected chi connectivity index (χ2v) is 8.12. The first-order valence-corrected chi connectivity index (χ1v) is 10.6. The van der Waals surface area contributed by atoms with Gasteiger partial charge in [-0.15, -0.1) is 0 Å². The van der Waals surface area contributed by atoms with E-state index in [-0.39, 0.29) is 11.8 Å². The van der Waals surface area contributed by atoms with E-state index in [1.54, 1.807) is 0 Å². The van der Waals surface area contributed by atoms with Crippen LogP contribution in [0, 0.1) is 13.8 Å². The Kier molecular flexibility index (Phi) is 7.85. The van der Waals surface area contributed by atoms with Crippen molar-refractivity contribution in [1.82, 2.24) is 15.1 Å². The van der Waals surface area contributed by atoms with Gasteiger partial charge in [0.15, 0.2) is 0 Å². The van der Waals surface area contributed by atoms with Crippen LogP contribution in [0.25, 0.3) is 0 Å². The highest BCUT2D eigenvalue weighted by Crippen LogP contribution is 2.18. The van der Waals surface area contributed by atoms with E-state index in [4.69, 9.17) is 11.6 Å². The predicted octanol–water partition coefficient (Wildman–Crippen LogP) is 2.83. The minimum atomic E-state index is -0.0176. The number of hydrogen-bond donors (Lipinski definition) is 2. The van der Waals surface area contributed by atoms with Crippen LogP contribution in [-0.2, 0) is 16.1 Å². The maximum absolute atomic E-state index is 12.4. The van der Waals surface area contributed by atoms with Gasteiger partial charge in [0.1, 0.15) is 0 Å². The number of anilines is 1. The van der Waals surface area contributed by atoms with Gasteiger partial charge in [-0.25, -0.2) is 0 Å². The summed E-state index contributed by atoms with van der Waals surface area (Å²) in [5, 5.41) is 6.59. The van der Waals surface area contributed by atoms with Gasteiger partial charge < -0.3 is 10.6 Å². The molecule has 0 atom stereocenters. The molecule has 2 amide bonds. The Balaban J connectivity index is 1.38. The van der Waals surface area contributed by atoms with Crippen molar-refractivity contribution in [2.75, 3.05) is 44.6 Å². The molecule has 1 saturated heterocycles. The van der Waals surface area contributed by atoms with Crippen molar-refractivity contribution in [1.29, 1.82) is 0 Å². The highest BCUT2D eigenvalue weighted by molar-refractivity contribution is 6.31. The zero-order chi connectivity index (χ0) is 21.5. The number of nitrogens with one attached hydrogen (secondary N) is 2. The van der Waals surface area contributed by atoms with Gasteiger partial charge in [-0.1, -0.05) is 41.9 Å². The summed E-state index contributed by atoms with van der Waals surface area (Å²) in [6, 6.07) is 13.4. The van der Waals surface area contributed by atoms with E-state index in [2.05, 4.69) is 20.4 Å². The SMILES string of the molecule is Cc1cccc(NC(=O)CN2CCN(CC(=O)NCc3ccccc3Cl)CC2)c1C. The third kappa shape index (κ3) is 6.29. The number of carbonyl (C=O) groups is 2. The van der Waals surface area contributed by atoms with Gasteiger partial charge in [0.05, 0.1) is 13.1 Å². The van der Waals surface area contributed by atoms with Gasteiger partial charge >= 0.3 is 0 Å². The lowest BCUT2D eigenvalue weighted by molar-refractivity contribution is -0.123. The zero-order valence-electron chi connectivity index (χ0n) is 17.6. The molecule has 6 nitrogen and oxygen atoms in total. The number of amides is 2. The number of benzene rings is 2. The van der Waals surface area contributed by atoms with Crippen LogP contribution >= 0.6 is 11.6 Å². The van der Waals surface area contributed by atoms with Crippen LogP contribution in [0.2, 0.25) is 5.02 Å². The molecule has 2 aromatic carbocycles. The van der Waals surface area contributed by atoms with Crippen LogP contribution in [0.4, 0.5) is 5.69 Å². The van der Waals surface area contributed by atoms with E-state index < -0.39 is 0 Å². The molecule has 3 rings (SSSR count). The number of hydrogen-bond acceptors (Lipinski definition) is 4. The molecule has 0 saturated carbocycles. The molecule has 0 spiro atoms. The van der Waals surface area contributed by atoms with Crippen molar-refractivity contribution < 1.29 is 9.59 Å². The molecule has 2 N–H and O–H groups in total. The van der Waals surface area contributed by atoms with Gasteiger partial charge in [0.2, 0.25) is 11.8 Å². The molecule has 30 heavy (non-hydrogen) atoms. The highest BCUT2D eigenvalue weighted by atomic mass is 35.5. The van der Waals surface area contributed by atoms with E-state index in [9.17, 15) is 9.59 Å². The molecule has 0 aromatic heterocycles. The van der Waals surface area contributed by atoms with E-state index in [1.807, 2.05) is 56.3 Å². The zero-order valence-corrected chi connectivity index (χ0v) is 18.3. The fourth-order valence-corrected chi connectivity index (χ4v) is 3.68. The summed E-state index contributed by atoms with van der Waals surface area (Å²) >= 11 is 6.12. The summed E-state index contributed by atoms with van der Waals surface area (Å²) in [7, 11) is 0. The Hall–Kier alpha value is -2.41. The van der Waals surface area contributed by atoms with Crippen LogP contribution in [-0.4, -0.2) is 60.9 Å². The lowest BCUT2D eigenvalue weighted by atomic mass is 10.1. The fourth-order valence-electron chi connectivity index (χ4n) is 3.48. The van der Waals surface area contributed by atoms with Crippen molar-refractivity contribution in [3.05, 3.63) is 64.2 Å². The first-order valence-electron chi connectivity index (χ1n) is 10.2. The largest absolute Gasteiger partial charge is 0.351 e. The van der Waals surface area contributed by atoms with Crippen molar-refractivity contribution >= 4 is 29.1 Å². The van der Waals surface area contributed by atoms with Gasteiger partial charge in [-0.3, -0.25) is 19.4 Å². The summed E-state index contributed by atoms with van der Waals surface area (Å²) in [6.45, 7) is 8.24. The van der Waals surface area contributed by atoms with Crippen molar-refractivity contribution in [2.45, 2.75) is 20.4 Å². The highest BCUT2D eigenvalue weighted by Gasteiger charge is 2.21. The van der Waals surface area contributed by atoms with Gasteiger partial charge in [-0.2, -0.15) is 0 Å².